The van der Waals surface area contributed by atoms with Gasteiger partial charge in [0.15, 0.2) is 0 Å². The SMILES string of the molecule is NCC1(C=Cc2ccccc2)CCN(C(=O)CNC(=O)O)CC1. The lowest BCUT2D eigenvalue weighted by atomic mass is 9.78. The Morgan fingerprint density at radius 2 is 1.91 bits per heavy atom. The van der Waals surface area contributed by atoms with E-state index >= 15 is 0 Å². The van der Waals surface area contributed by atoms with Crippen molar-refractivity contribution in [1.82, 2.24) is 10.2 Å². The van der Waals surface area contributed by atoms with E-state index in [0.717, 1.165) is 18.4 Å². The van der Waals surface area contributed by atoms with Crippen LogP contribution in [0.15, 0.2) is 36.4 Å². The summed E-state index contributed by atoms with van der Waals surface area (Å²) in [6.07, 6.45) is 4.62. The fourth-order valence-electron chi connectivity index (χ4n) is 2.74. The Balaban J connectivity index is 1.93. The number of likely N-dealkylation sites (tertiary alicyclic amines) is 1. The number of nitrogens with two attached hydrogens (primary N) is 1. The standard InChI is InChI=1S/C17H23N3O3/c18-13-17(7-6-14-4-2-1-3-5-14)8-10-20(11-9-17)15(21)12-19-16(22)23/h1-7,19H,8-13,18H2,(H,22,23). The molecule has 0 saturated carbocycles. The van der Waals surface area contributed by atoms with E-state index in [1.807, 2.05) is 30.3 Å². The molecule has 4 N–H and O–H groups in total. The maximum absolute atomic E-state index is 11.9. The third-order valence-corrected chi connectivity index (χ3v) is 4.34. The highest BCUT2D eigenvalue weighted by molar-refractivity contribution is 5.81. The lowest BCUT2D eigenvalue weighted by Gasteiger charge is -2.39. The van der Waals surface area contributed by atoms with Crippen LogP contribution in [0.5, 0.6) is 0 Å². The Labute approximate surface area is 136 Å². The van der Waals surface area contributed by atoms with Crippen LogP contribution >= 0.6 is 0 Å². The highest BCUT2D eigenvalue weighted by Gasteiger charge is 2.32. The Hall–Kier alpha value is -2.34. The Morgan fingerprint density at radius 1 is 1.26 bits per heavy atom. The second kappa shape index (κ2) is 7.78. The predicted molar refractivity (Wildman–Crippen MR) is 88.8 cm³/mol. The van der Waals surface area contributed by atoms with E-state index in [2.05, 4.69) is 17.5 Å². The van der Waals surface area contributed by atoms with E-state index in [-0.39, 0.29) is 17.9 Å². The van der Waals surface area contributed by atoms with Crippen molar-refractivity contribution >= 4 is 18.1 Å². The molecule has 0 radical (unpaired) electrons. The van der Waals surface area contributed by atoms with Gasteiger partial charge in [-0.15, -0.1) is 0 Å². The summed E-state index contributed by atoms with van der Waals surface area (Å²) >= 11 is 0. The molecule has 2 rings (SSSR count). The minimum Gasteiger partial charge on any atom is -0.465 e. The topological polar surface area (TPSA) is 95.7 Å². The Kier molecular flexibility index (Phi) is 5.76. The maximum Gasteiger partial charge on any atom is 0.405 e. The van der Waals surface area contributed by atoms with Crippen molar-refractivity contribution in [3.8, 4) is 0 Å². The third kappa shape index (κ3) is 4.82. The molecule has 2 amide bonds. The molecule has 0 bridgehead atoms. The summed E-state index contributed by atoms with van der Waals surface area (Å²) < 4.78 is 0. The highest BCUT2D eigenvalue weighted by Crippen LogP contribution is 2.32. The molecule has 6 nitrogen and oxygen atoms in total. The normalized spacial score (nSPS) is 17.2. The van der Waals surface area contributed by atoms with E-state index in [0.29, 0.717) is 19.6 Å². The van der Waals surface area contributed by atoms with Crippen LogP contribution in [-0.2, 0) is 4.79 Å². The zero-order valence-corrected chi connectivity index (χ0v) is 13.1. The fraction of sp³-hybridized carbons (Fsp3) is 0.412. The number of carbonyl (C=O) groups excluding carboxylic acids is 1. The van der Waals surface area contributed by atoms with Crippen molar-refractivity contribution in [2.24, 2.45) is 11.1 Å². The number of carbonyl (C=O) groups is 2. The van der Waals surface area contributed by atoms with Gasteiger partial charge in [-0.1, -0.05) is 42.5 Å². The summed E-state index contributed by atoms with van der Waals surface area (Å²) in [5.41, 5.74) is 7.00. The molecule has 0 aliphatic carbocycles. The number of carboxylic acid groups (broad SMARTS) is 1. The van der Waals surface area contributed by atoms with Crippen molar-refractivity contribution in [3.63, 3.8) is 0 Å². The third-order valence-electron chi connectivity index (χ3n) is 4.34. The second-order valence-electron chi connectivity index (χ2n) is 5.85. The zero-order chi connectivity index (χ0) is 16.7. The van der Waals surface area contributed by atoms with E-state index in [1.54, 1.807) is 4.90 Å². The average Bonchev–Trinajstić information content (AvgIpc) is 2.59. The van der Waals surface area contributed by atoms with E-state index in [9.17, 15) is 9.59 Å². The fourth-order valence-corrected chi connectivity index (χ4v) is 2.74. The molecular weight excluding hydrogens is 294 g/mol. The molecule has 124 valence electrons. The first-order chi connectivity index (χ1) is 11.0. The largest absolute Gasteiger partial charge is 0.465 e. The van der Waals surface area contributed by atoms with E-state index < -0.39 is 6.09 Å². The van der Waals surface area contributed by atoms with Gasteiger partial charge in [-0.05, 0) is 18.4 Å². The molecule has 1 aromatic carbocycles. The second-order valence-corrected chi connectivity index (χ2v) is 5.85. The molecule has 1 aliphatic rings. The molecule has 1 aromatic rings. The molecule has 0 unspecified atom stereocenters. The summed E-state index contributed by atoms with van der Waals surface area (Å²) in [5.74, 6) is -0.190. The van der Waals surface area contributed by atoms with Crippen LogP contribution in [0.4, 0.5) is 4.79 Å². The lowest BCUT2D eigenvalue weighted by molar-refractivity contribution is -0.132. The summed E-state index contributed by atoms with van der Waals surface area (Å²) in [5, 5.41) is 10.7. The van der Waals surface area contributed by atoms with Crippen molar-refractivity contribution in [2.75, 3.05) is 26.2 Å². The van der Waals surface area contributed by atoms with Gasteiger partial charge < -0.3 is 21.1 Å². The van der Waals surface area contributed by atoms with Crippen LogP contribution in [0.2, 0.25) is 0 Å². The first-order valence-corrected chi connectivity index (χ1v) is 7.74. The molecule has 1 saturated heterocycles. The quantitative estimate of drug-likeness (QED) is 0.767. The summed E-state index contributed by atoms with van der Waals surface area (Å²) in [6, 6.07) is 10.0. The monoisotopic (exact) mass is 317 g/mol. The van der Waals surface area contributed by atoms with Crippen LogP contribution in [0.1, 0.15) is 18.4 Å². The minimum absolute atomic E-state index is 0.104. The number of rotatable bonds is 5. The number of nitrogens with zero attached hydrogens (tertiary/aromatic N) is 1. The number of amides is 2. The average molecular weight is 317 g/mol. The van der Waals surface area contributed by atoms with Crippen LogP contribution in [0.25, 0.3) is 6.08 Å². The van der Waals surface area contributed by atoms with Gasteiger partial charge in [-0.25, -0.2) is 4.79 Å². The van der Waals surface area contributed by atoms with Crippen LogP contribution in [-0.4, -0.2) is 48.2 Å². The zero-order valence-electron chi connectivity index (χ0n) is 13.1. The molecule has 23 heavy (non-hydrogen) atoms. The van der Waals surface area contributed by atoms with Gasteiger partial charge in [-0.3, -0.25) is 4.79 Å². The van der Waals surface area contributed by atoms with Gasteiger partial charge in [-0.2, -0.15) is 0 Å². The summed E-state index contributed by atoms with van der Waals surface area (Å²) in [7, 11) is 0. The van der Waals surface area contributed by atoms with Crippen LogP contribution in [0.3, 0.4) is 0 Å². The minimum atomic E-state index is -1.18. The number of benzene rings is 1. The Bertz CT molecular complexity index is 564. The molecule has 0 atom stereocenters. The number of nitrogens with one attached hydrogen (secondary N) is 1. The Morgan fingerprint density at radius 3 is 2.48 bits per heavy atom. The van der Waals surface area contributed by atoms with Gasteiger partial charge in [0.1, 0.15) is 6.54 Å². The highest BCUT2D eigenvalue weighted by atomic mass is 16.4. The maximum atomic E-state index is 11.9. The molecule has 6 heteroatoms. The molecular formula is C17H23N3O3. The van der Waals surface area contributed by atoms with E-state index in [4.69, 9.17) is 10.8 Å². The van der Waals surface area contributed by atoms with Gasteiger partial charge in [0.05, 0.1) is 0 Å². The van der Waals surface area contributed by atoms with Crippen LogP contribution < -0.4 is 11.1 Å². The first-order valence-electron chi connectivity index (χ1n) is 7.74. The lowest BCUT2D eigenvalue weighted by Crippen LogP contribution is -2.48. The molecule has 1 fully saturated rings. The van der Waals surface area contributed by atoms with E-state index in [1.165, 1.54) is 0 Å². The molecule has 0 aromatic heterocycles. The van der Waals surface area contributed by atoms with Gasteiger partial charge in [0.2, 0.25) is 5.91 Å². The summed E-state index contributed by atoms with van der Waals surface area (Å²) in [6.45, 7) is 1.55. The van der Waals surface area contributed by atoms with Crippen molar-refractivity contribution in [1.29, 1.82) is 0 Å². The molecule has 1 aliphatic heterocycles. The molecule has 1 heterocycles. The number of piperidine rings is 1. The van der Waals surface area contributed by atoms with Gasteiger partial charge in [0.25, 0.3) is 0 Å². The first kappa shape index (κ1) is 17.0. The summed E-state index contributed by atoms with van der Waals surface area (Å²) in [4.78, 5) is 24.1. The predicted octanol–water partition coefficient (Wildman–Crippen LogP) is 1.53. The van der Waals surface area contributed by atoms with Crippen molar-refractivity contribution in [3.05, 3.63) is 42.0 Å². The molecule has 0 spiro atoms. The van der Waals surface area contributed by atoms with Gasteiger partial charge in [0, 0.05) is 25.0 Å². The van der Waals surface area contributed by atoms with Crippen molar-refractivity contribution < 1.29 is 14.7 Å². The van der Waals surface area contributed by atoms with Crippen molar-refractivity contribution in [2.45, 2.75) is 12.8 Å². The number of hydrogen-bond acceptors (Lipinski definition) is 3. The van der Waals surface area contributed by atoms with Gasteiger partial charge >= 0.3 is 6.09 Å². The number of hydrogen-bond donors (Lipinski definition) is 3. The smallest absolute Gasteiger partial charge is 0.405 e. The van der Waals surface area contributed by atoms with Crippen LogP contribution in [0, 0.1) is 5.41 Å².